The summed E-state index contributed by atoms with van der Waals surface area (Å²) in [4.78, 5) is 12.8. The van der Waals surface area contributed by atoms with Gasteiger partial charge in [0.15, 0.2) is 0 Å². The zero-order chi connectivity index (χ0) is 13.7. The standard InChI is InChI=1S/C19H30O/c1-13-3-2-4-17(5-13)18(20)12-19-9-14-6-15(10-19)8-16(7-14)11-19/h13-17H,2-12H2,1H3. The molecule has 112 valence electrons. The van der Waals surface area contributed by atoms with Crippen LogP contribution >= 0.6 is 0 Å². The van der Waals surface area contributed by atoms with Crippen LogP contribution in [0.5, 0.6) is 0 Å². The van der Waals surface area contributed by atoms with Crippen molar-refractivity contribution in [3.8, 4) is 0 Å². The lowest BCUT2D eigenvalue weighted by atomic mass is 9.48. The van der Waals surface area contributed by atoms with Gasteiger partial charge in [-0.3, -0.25) is 4.79 Å². The van der Waals surface area contributed by atoms with Gasteiger partial charge < -0.3 is 0 Å². The summed E-state index contributed by atoms with van der Waals surface area (Å²) in [6.45, 7) is 2.34. The third kappa shape index (κ3) is 2.35. The molecule has 5 saturated carbocycles. The smallest absolute Gasteiger partial charge is 0.136 e. The van der Waals surface area contributed by atoms with Crippen LogP contribution in [0, 0.1) is 35.0 Å². The van der Waals surface area contributed by atoms with Crippen LogP contribution in [-0.2, 0) is 4.79 Å². The molecule has 5 aliphatic rings. The van der Waals surface area contributed by atoms with Crippen LogP contribution in [0.4, 0.5) is 0 Å². The zero-order valence-electron chi connectivity index (χ0n) is 13.1. The Labute approximate surface area is 123 Å². The highest BCUT2D eigenvalue weighted by molar-refractivity contribution is 5.81. The molecule has 2 unspecified atom stereocenters. The van der Waals surface area contributed by atoms with Crippen LogP contribution in [0.1, 0.15) is 77.6 Å². The zero-order valence-corrected chi connectivity index (χ0v) is 13.1. The van der Waals surface area contributed by atoms with E-state index >= 15 is 0 Å². The molecule has 0 heterocycles. The first kappa shape index (κ1) is 13.3. The Balaban J connectivity index is 1.44. The molecule has 0 aromatic carbocycles. The molecule has 0 saturated heterocycles. The second-order valence-corrected chi connectivity index (χ2v) is 9.03. The van der Waals surface area contributed by atoms with Crippen LogP contribution in [0.25, 0.3) is 0 Å². The molecule has 0 aromatic heterocycles. The molecule has 0 amide bonds. The van der Waals surface area contributed by atoms with E-state index in [9.17, 15) is 4.79 Å². The van der Waals surface area contributed by atoms with Crippen molar-refractivity contribution in [1.29, 1.82) is 0 Å². The van der Waals surface area contributed by atoms with E-state index in [0.29, 0.717) is 17.1 Å². The van der Waals surface area contributed by atoms with Crippen molar-refractivity contribution in [2.45, 2.75) is 77.6 Å². The second-order valence-electron chi connectivity index (χ2n) is 9.03. The fraction of sp³-hybridized carbons (Fsp3) is 0.947. The highest BCUT2D eigenvalue weighted by atomic mass is 16.1. The van der Waals surface area contributed by atoms with E-state index in [2.05, 4.69) is 6.92 Å². The van der Waals surface area contributed by atoms with Crippen molar-refractivity contribution in [3.05, 3.63) is 0 Å². The molecule has 1 nitrogen and oxygen atoms in total. The minimum Gasteiger partial charge on any atom is -0.299 e. The van der Waals surface area contributed by atoms with Crippen LogP contribution < -0.4 is 0 Å². The maximum atomic E-state index is 12.8. The number of hydrogen-bond acceptors (Lipinski definition) is 1. The number of carbonyl (C=O) groups is 1. The first-order chi connectivity index (χ1) is 9.62. The molecular formula is C19H30O. The molecule has 5 rings (SSSR count). The molecule has 20 heavy (non-hydrogen) atoms. The van der Waals surface area contributed by atoms with Crippen molar-refractivity contribution in [1.82, 2.24) is 0 Å². The quantitative estimate of drug-likeness (QED) is 0.708. The molecule has 0 aromatic rings. The Morgan fingerprint density at radius 1 is 0.950 bits per heavy atom. The van der Waals surface area contributed by atoms with Crippen molar-refractivity contribution in [2.24, 2.45) is 35.0 Å². The van der Waals surface area contributed by atoms with Crippen molar-refractivity contribution in [3.63, 3.8) is 0 Å². The van der Waals surface area contributed by atoms with Gasteiger partial charge in [-0.25, -0.2) is 0 Å². The third-order valence-electron chi connectivity index (χ3n) is 7.11. The lowest BCUT2D eigenvalue weighted by Crippen LogP contribution is -2.47. The normalized spacial score (nSPS) is 50.4. The number of ketones is 1. The predicted molar refractivity (Wildman–Crippen MR) is 81.4 cm³/mol. The van der Waals surface area contributed by atoms with Gasteiger partial charge in [0.05, 0.1) is 0 Å². The van der Waals surface area contributed by atoms with Crippen molar-refractivity contribution >= 4 is 5.78 Å². The topological polar surface area (TPSA) is 17.1 Å². The SMILES string of the molecule is CC1CCCC(C(=O)CC23CC4CC(CC(C4)C2)C3)C1. The Kier molecular flexibility index (Phi) is 3.23. The van der Waals surface area contributed by atoms with Gasteiger partial charge in [-0.2, -0.15) is 0 Å². The van der Waals surface area contributed by atoms with E-state index in [1.165, 1.54) is 64.2 Å². The minimum absolute atomic E-state index is 0.423. The summed E-state index contributed by atoms with van der Waals surface area (Å²) < 4.78 is 0. The lowest BCUT2D eigenvalue weighted by molar-refractivity contribution is -0.132. The average molecular weight is 274 g/mol. The number of Topliss-reactive ketones (excluding diaryl/α,β-unsaturated/α-hetero) is 1. The van der Waals surface area contributed by atoms with E-state index in [1.54, 1.807) is 0 Å². The van der Waals surface area contributed by atoms with Crippen molar-refractivity contribution in [2.75, 3.05) is 0 Å². The van der Waals surface area contributed by atoms with Gasteiger partial charge in [0.1, 0.15) is 5.78 Å². The first-order valence-corrected chi connectivity index (χ1v) is 9.15. The highest BCUT2D eigenvalue weighted by Crippen LogP contribution is 2.61. The fourth-order valence-electron chi connectivity index (χ4n) is 6.75. The van der Waals surface area contributed by atoms with Gasteiger partial charge in [-0.1, -0.05) is 19.8 Å². The maximum absolute atomic E-state index is 12.8. The molecule has 2 atom stereocenters. The van der Waals surface area contributed by atoms with E-state index in [0.717, 1.165) is 30.1 Å². The molecular weight excluding hydrogens is 244 g/mol. The summed E-state index contributed by atoms with van der Waals surface area (Å²) in [6.07, 6.45) is 14.6. The summed E-state index contributed by atoms with van der Waals surface area (Å²) in [5.74, 6) is 4.82. The van der Waals surface area contributed by atoms with Crippen LogP contribution in [0.2, 0.25) is 0 Å². The Morgan fingerprint density at radius 2 is 1.55 bits per heavy atom. The largest absolute Gasteiger partial charge is 0.299 e. The third-order valence-corrected chi connectivity index (χ3v) is 7.11. The number of rotatable bonds is 3. The van der Waals surface area contributed by atoms with E-state index < -0.39 is 0 Å². The summed E-state index contributed by atoms with van der Waals surface area (Å²) >= 11 is 0. The summed E-state index contributed by atoms with van der Waals surface area (Å²) in [5, 5.41) is 0. The number of carbonyl (C=O) groups excluding carboxylic acids is 1. The first-order valence-electron chi connectivity index (χ1n) is 9.15. The summed E-state index contributed by atoms with van der Waals surface area (Å²) in [7, 11) is 0. The molecule has 1 heteroatoms. The van der Waals surface area contributed by atoms with Gasteiger partial charge in [-0.15, -0.1) is 0 Å². The predicted octanol–water partition coefficient (Wildman–Crippen LogP) is 4.99. The van der Waals surface area contributed by atoms with Gasteiger partial charge >= 0.3 is 0 Å². The van der Waals surface area contributed by atoms with Crippen LogP contribution in [0.3, 0.4) is 0 Å². The van der Waals surface area contributed by atoms with Gasteiger partial charge in [0.25, 0.3) is 0 Å². The molecule has 0 spiro atoms. The molecule has 0 N–H and O–H groups in total. The highest BCUT2D eigenvalue weighted by Gasteiger charge is 2.51. The monoisotopic (exact) mass is 274 g/mol. The van der Waals surface area contributed by atoms with Gasteiger partial charge in [0.2, 0.25) is 0 Å². The summed E-state index contributed by atoms with van der Waals surface area (Å²) in [5.41, 5.74) is 0.465. The maximum Gasteiger partial charge on any atom is 0.136 e. The van der Waals surface area contributed by atoms with E-state index in [-0.39, 0.29) is 0 Å². The van der Waals surface area contributed by atoms with Gasteiger partial charge in [0, 0.05) is 12.3 Å². The average Bonchev–Trinajstić information content (AvgIpc) is 2.36. The van der Waals surface area contributed by atoms with E-state index in [1.807, 2.05) is 0 Å². The second kappa shape index (κ2) is 4.85. The molecule has 4 bridgehead atoms. The van der Waals surface area contributed by atoms with Crippen molar-refractivity contribution < 1.29 is 4.79 Å². The molecule has 5 aliphatic carbocycles. The van der Waals surface area contributed by atoms with Crippen LogP contribution in [-0.4, -0.2) is 5.78 Å². The Hall–Kier alpha value is -0.330. The Morgan fingerprint density at radius 3 is 2.10 bits per heavy atom. The number of hydrogen-bond donors (Lipinski definition) is 0. The summed E-state index contributed by atoms with van der Waals surface area (Å²) in [6, 6.07) is 0. The molecule has 0 aliphatic heterocycles. The minimum atomic E-state index is 0.423. The lowest BCUT2D eigenvalue weighted by Gasteiger charge is -2.57. The molecule has 5 fully saturated rings. The molecule has 0 radical (unpaired) electrons. The fourth-order valence-corrected chi connectivity index (χ4v) is 6.75. The van der Waals surface area contributed by atoms with Crippen LogP contribution in [0.15, 0.2) is 0 Å². The van der Waals surface area contributed by atoms with Gasteiger partial charge in [-0.05, 0) is 80.5 Å². The Bertz CT molecular complexity index is 361. The van der Waals surface area contributed by atoms with E-state index in [4.69, 9.17) is 0 Å².